The summed E-state index contributed by atoms with van der Waals surface area (Å²) in [6, 6.07) is 0. The summed E-state index contributed by atoms with van der Waals surface area (Å²) in [5, 5.41) is 18.3. The van der Waals surface area contributed by atoms with E-state index in [1.807, 2.05) is 0 Å². The molecule has 0 aromatic heterocycles. The van der Waals surface area contributed by atoms with Crippen molar-refractivity contribution in [2.45, 2.75) is 193 Å². The van der Waals surface area contributed by atoms with Crippen molar-refractivity contribution < 1.29 is 47.8 Å². The highest BCUT2D eigenvalue weighted by molar-refractivity contribution is 7.47. The molecule has 0 rings (SSSR count). The van der Waals surface area contributed by atoms with Gasteiger partial charge in [0.15, 0.2) is 6.10 Å². The third kappa shape index (κ3) is 41.6. The fourth-order valence-electron chi connectivity index (χ4n) is 5.68. The predicted molar refractivity (Wildman–Crippen MR) is 233 cm³/mol. The summed E-state index contributed by atoms with van der Waals surface area (Å²) < 4.78 is 32.7. The van der Waals surface area contributed by atoms with Crippen LogP contribution >= 0.6 is 7.82 Å². The van der Waals surface area contributed by atoms with Gasteiger partial charge in [-0.2, -0.15) is 0 Å². The Morgan fingerprint density at radius 2 is 0.912 bits per heavy atom. The van der Waals surface area contributed by atoms with Crippen LogP contribution in [0.3, 0.4) is 0 Å². The Bertz CT molecular complexity index is 1130. The van der Waals surface area contributed by atoms with Crippen LogP contribution in [0.25, 0.3) is 0 Å². The molecule has 0 bridgehead atoms. The lowest BCUT2D eigenvalue weighted by Crippen LogP contribution is -2.29. The zero-order valence-corrected chi connectivity index (χ0v) is 36.7. The van der Waals surface area contributed by atoms with Gasteiger partial charge in [-0.05, 0) is 83.5 Å². The minimum atomic E-state index is -4.63. The van der Waals surface area contributed by atoms with Crippen LogP contribution in [0, 0.1) is 0 Å². The molecular formula is C46H81O10P. The van der Waals surface area contributed by atoms with E-state index < -0.39 is 51.8 Å². The van der Waals surface area contributed by atoms with E-state index in [0.717, 1.165) is 77.0 Å². The van der Waals surface area contributed by atoms with Gasteiger partial charge in [-0.25, -0.2) is 4.57 Å². The number of phosphoric ester groups is 1. The van der Waals surface area contributed by atoms with Crippen LogP contribution < -0.4 is 0 Å². The summed E-state index contributed by atoms with van der Waals surface area (Å²) >= 11 is 0. The molecule has 0 saturated carbocycles. The average molecular weight is 825 g/mol. The van der Waals surface area contributed by atoms with Crippen molar-refractivity contribution in [1.82, 2.24) is 0 Å². The van der Waals surface area contributed by atoms with Crippen molar-refractivity contribution >= 4 is 19.8 Å². The highest BCUT2D eigenvalue weighted by Gasteiger charge is 2.27. The fourth-order valence-corrected chi connectivity index (χ4v) is 6.47. The number of hydrogen-bond acceptors (Lipinski definition) is 9. The molecule has 0 spiro atoms. The van der Waals surface area contributed by atoms with Crippen LogP contribution in [0.2, 0.25) is 0 Å². The lowest BCUT2D eigenvalue weighted by atomic mass is 10.1. The number of allylic oxidation sites excluding steroid dienone is 10. The van der Waals surface area contributed by atoms with Gasteiger partial charge in [-0.15, -0.1) is 0 Å². The molecule has 0 aliphatic carbocycles. The lowest BCUT2D eigenvalue weighted by Gasteiger charge is -2.20. The first-order chi connectivity index (χ1) is 27.7. The summed E-state index contributed by atoms with van der Waals surface area (Å²) in [4.78, 5) is 35.0. The number of ether oxygens (including phenoxy) is 2. The van der Waals surface area contributed by atoms with E-state index in [2.05, 4.69) is 79.1 Å². The van der Waals surface area contributed by atoms with Crippen molar-refractivity contribution in [3.8, 4) is 0 Å². The van der Waals surface area contributed by atoms with Gasteiger partial charge >= 0.3 is 19.8 Å². The normalized spacial score (nSPS) is 14.4. The molecule has 57 heavy (non-hydrogen) atoms. The van der Waals surface area contributed by atoms with Crippen LogP contribution in [0.5, 0.6) is 0 Å². The minimum Gasteiger partial charge on any atom is -0.462 e. The summed E-state index contributed by atoms with van der Waals surface area (Å²) in [7, 11) is -4.63. The summed E-state index contributed by atoms with van der Waals surface area (Å²) in [5.74, 6) is -0.973. The maximum atomic E-state index is 12.6. The number of aliphatic hydroxyl groups is 2. The molecule has 0 heterocycles. The molecular weight excluding hydrogens is 743 g/mol. The van der Waals surface area contributed by atoms with Crippen molar-refractivity contribution in [2.75, 3.05) is 26.4 Å². The number of carbonyl (C=O) groups excluding carboxylic acids is 2. The number of esters is 2. The van der Waals surface area contributed by atoms with Gasteiger partial charge in [-0.1, -0.05) is 145 Å². The summed E-state index contributed by atoms with van der Waals surface area (Å²) in [6.07, 6.45) is 46.1. The Morgan fingerprint density at radius 1 is 0.526 bits per heavy atom. The van der Waals surface area contributed by atoms with E-state index in [1.165, 1.54) is 64.2 Å². The van der Waals surface area contributed by atoms with Crippen LogP contribution in [-0.2, 0) is 32.7 Å². The largest absolute Gasteiger partial charge is 0.472 e. The van der Waals surface area contributed by atoms with E-state index in [0.29, 0.717) is 12.8 Å². The van der Waals surface area contributed by atoms with Gasteiger partial charge < -0.3 is 24.6 Å². The number of unbranched alkanes of at least 4 members (excludes halogenated alkanes) is 17. The van der Waals surface area contributed by atoms with Crippen molar-refractivity contribution in [2.24, 2.45) is 0 Å². The Morgan fingerprint density at radius 3 is 1.44 bits per heavy atom. The van der Waals surface area contributed by atoms with Crippen LogP contribution in [0.15, 0.2) is 60.8 Å². The number of carbonyl (C=O) groups is 2. The fraction of sp³-hybridized carbons (Fsp3) is 0.739. The lowest BCUT2D eigenvalue weighted by molar-refractivity contribution is -0.161. The molecule has 0 amide bonds. The van der Waals surface area contributed by atoms with Gasteiger partial charge in [0.25, 0.3) is 0 Å². The zero-order valence-electron chi connectivity index (χ0n) is 35.8. The van der Waals surface area contributed by atoms with E-state index in [-0.39, 0.29) is 19.4 Å². The molecule has 0 aliphatic heterocycles. The SMILES string of the molecule is CCCCC/C=C\C/C=C\C/C=C\C/C=C\CCCCCC(=O)O[C@H](COC(=O)CCCCCCC/C=C\CCCCCCCC)COP(=O)(O)OC[C@@H](O)CO. The van der Waals surface area contributed by atoms with Gasteiger partial charge in [-0.3, -0.25) is 18.6 Å². The predicted octanol–water partition coefficient (Wildman–Crippen LogP) is 11.9. The number of hydrogen-bond donors (Lipinski definition) is 3. The van der Waals surface area contributed by atoms with Crippen molar-refractivity contribution in [3.05, 3.63) is 60.8 Å². The van der Waals surface area contributed by atoms with E-state index in [1.54, 1.807) is 0 Å². The molecule has 0 saturated heterocycles. The molecule has 0 radical (unpaired) electrons. The van der Waals surface area contributed by atoms with Crippen molar-refractivity contribution in [1.29, 1.82) is 0 Å². The smallest absolute Gasteiger partial charge is 0.462 e. The molecule has 0 aliphatic rings. The van der Waals surface area contributed by atoms with Crippen LogP contribution in [0.4, 0.5) is 0 Å². The third-order valence-electron chi connectivity index (χ3n) is 9.14. The molecule has 0 fully saturated rings. The van der Waals surface area contributed by atoms with Gasteiger partial charge in [0.05, 0.1) is 19.8 Å². The molecule has 10 nitrogen and oxygen atoms in total. The molecule has 11 heteroatoms. The first-order valence-electron chi connectivity index (χ1n) is 22.2. The summed E-state index contributed by atoms with van der Waals surface area (Å²) in [6.45, 7) is 2.29. The van der Waals surface area contributed by atoms with E-state index in [9.17, 15) is 24.2 Å². The molecule has 3 N–H and O–H groups in total. The maximum absolute atomic E-state index is 12.6. The second kappa shape index (κ2) is 41.8. The molecule has 1 unspecified atom stereocenters. The average Bonchev–Trinajstić information content (AvgIpc) is 3.20. The second-order valence-electron chi connectivity index (χ2n) is 14.7. The number of rotatable bonds is 41. The van der Waals surface area contributed by atoms with Gasteiger partial charge in [0.1, 0.15) is 12.7 Å². The monoisotopic (exact) mass is 825 g/mol. The van der Waals surface area contributed by atoms with E-state index in [4.69, 9.17) is 19.1 Å². The van der Waals surface area contributed by atoms with Gasteiger partial charge in [0, 0.05) is 12.8 Å². The topological polar surface area (TPSA) is 149 Å². The Kier molecular flexibility index (Phi) is 40.1. The highest BCUT2D eigenvalue weighted by Crippen LogP contribution is 2.43. The maximum Gasteiger partial charge on any atom is 0.472 e. The number of aliphatic hydroxyl groups excluding tert-OH is 2. The zero-order chi connectivity index (χ0) is 41.9. The first-order valence-corrected chi connectivity index (χ1v) is 23.7. The minimum absolute atomic E-state index is 0.143. The van der Waals surface area contributed by atoms with Crippen molar-refractivity contribution in [3.63, 3.8) is 0 Å². The Balaban J connectivity index is 4.38. The Labute approximate surface area is 346 Å². The quantitative estimate of drug-likeness (QED) is 0.0235. The molecule has 330 valence electrons. The standard InChI is InChI=1S/C46H81O10P/c1-3-5-7-9-11-13-15-17-19-20-21-22-24-26-28-30-32-34-36-38-46(50)56-44(42-55-57(51,52)54-40-43(48)39-47)41-53-45(49)37-35-33-31-29-27-25-23-18-16-14-12-10-8-6-4-2/h11,13,17-19,21-23,26,28,43-44,47-48H,3-10,12,14-16,20,24-25,27,29-42H2,1-2H3,(H,51,52)/b13-11-,19-17-,22-21-,23-18-,28-26-/t43-,44+/m0/s1. The van der Waals surface area contributed by atoms with E-state index >= 15 is 0 Å². The van der Waals surface area contributed by atoms with Crippen LogP contribution in [0.1, 0.15) is 181 Å². The Hall–Kier alpha value is -2.33. The van der Waals surface area contributed by atoms with Crippen LogP contribution in [-0.4, -0.2) is 65.7 Å². The first kappa shape index (κ1) is 54.7. The molecule has 3 atom stereocenters. The number of phosphoric acid groups is 1. The van der Waals surface area contributed by atoms with Gasteiger partial charge in [0.2, 0.25) is 0 Å². The molecule has 0 aromatic carbocycles. The summed E-state index contributed by atoms with van der Waals surface area (Å²) in [5.41, 5.74) is 0. The highest BCUT2D eigenvalue weighted by atomic mass is 31.2. The third-order valence-corrected chi connectivity index (χ3v) is 10.1. The molecule has 0 aromatic rings. The second-order valence-corrected chi connectivity index (χ2v) is 16.2.